The van der Waals surface area contributed by atoms with Crippen molar-refractivity contribution in [2.45, 2.75) is 19.9 Å². The Morgan fingerprint density at radius 2 is 1.89 bits per heavy atom. The number of aromatic amines is 1. The Labute approximate surface area is 214 Å². The van der Waals surface area contributed by atoms with Crippen LogP contribution < -0.4 is 10.1 Å². The molecule has 0 saturated heterocycles. The SMILES string of the molecule is CCc1c(F)ccc2cc(O)cc(-c3ncc4c(NCc5ncc6cc[nH]c6n5)nc(OC)nc4c3F)c12. The van der Waals surface area contributed by atoms with E-state index < -0.39 is 11.6 Å². The quantitative estimate of drug-likeness (QED) is 0.275. The summed E-state index contributed by atoms with van der Waals surface area (Å²) in [6, 6.07) is 7.58. The minimum atomic E-state index is -0.756. The van der Waals surface area contributed by atoms with Crippen LogP contribution in [0, 0.1) is 11.6 Å². The summed E-state index contributed by atoms with van der Waals surface area (Å²) < 4.78 is 36.0. The van der Waals surface area contributed by atoms with Crippen molar-refractivity contribution in [3.8, 4) is 23.0 Å². The van der Waals surface area contributed by atoms with Gasteiger partial charge in [0.1, 0.15) is 40.1 Å². The Morgan fingerprint density at radius 1 is 1.03 bits per heavy atom. The van der Waals surface area contributed by atoms with Gasteiger partial charge in [0, 0.05) is 29.5 Å². The van der Waals surface area contributed by atoms with E-state index in [1.54, 1.807) is 18.5 Å². The summed E-state index contributed by atoms with van der Waals surface area (Å²) in [5.41, 5.74) is 1.23. The van der Waals surface area contributed by atoms with Crippen LogP contribution in [0.25, 0.3) is 44.0 Å². The molecule has 190 valence electrons. The van der Waals surface area contributed by atoms with E-state index in [4.69, 9.17) is 4.74 Å². The third kappa shape index (κ3) is 3.88. The molecule has 6 rings (SSSR count). The average molecular weight is 514 g/mol. The molecule has 0 aliphatic carbocycles. The number of aromatic nitrogens is 6. The molecule has 0 fully saturated rings. The second kappa shape index (κ2) is 9.18. The zero-order valence-corrected chi connectivity index (χ0v) is 20.4. The number of aromatic hydroxyl groups is 1. The van der Waals surface area contributed by atoms with E-state index in [0.29, 0.717) is 39.6 Å². The maximum atomic E-state index is 16.1. The number of H-pyrrole nitrogens is 1. The number of phenolic OH excluding ortho intramolecular Hbond substituents is 1. The van der Waals surface area contributed by atoms with Gasteiger partial charge in [-0.05, 0) is 47.0 Å². The molecule has 0 radical (unpaired) electrons. The van der Waals surface area contributed by atoms with Crippen LogP contribution >= 0.6 is 0 Å². The fourth-order valence-electron chi connectivity index (χ4n) is 4.61. The van der Waals surface area contributed by atoms with Gasteiger partial charge in [0.2, 0.25) is 0 Å². The van der Waals surface area contributed by atoms with Gasteiger partial charge >= 0.3 is 6.01 Å². The summed E-state index contributed by atoms with van der Waals surface area (Å²) in [6.45, 7) is 2.01. The van der Waals surface area contributed by atoms with Crippen LogP contribution in [0.3, 0.4) is 0 Å². The fraction of sp³-hybridized carbons (Fsp3) is 0.148. The highest BCUT2D eigenvalue weighted by Gasteiger charge is 2.21. The number of phenols is 1. The molecule has 2 aromatic carbocycles. The Morgan fingerprint density at radius 3 is 2.71 bits per heavy atom. The maximum absolute atomic E-state index is 16.1. The standard InChI is InChI=1S/C27H21F2N7O2/c1-3-16-19(28)5-4-13-8-15(37)9-17(21(13)16)23-22(29)24-18(11-32-23)26(36-27(35-24)38-2)33-12-20-31-10-14-6-7-30-25(14)34-20/h4-11,37H,3,12H2,1-2H3,(H,30,31,34)(H,33,35,36). The van der Waals surface area contributed by atoms with Crippen LogP contribution in [0.5, 0.6) is 11.8 Å². The van der Waals surface area contributed by atoms with E-state index in [-0.39, 0.29) is 40.9 Å². The molecule has 4 heterocycles. The molecule has 38 heavy (non-hydrogen) atoms. The summed E-state index contributed by atoms with van der Waals surface area (Å²) >= 11 is 0. The first-order valence-electron chi connectivity index (χ1n) is 11.8. The van der Waals surface area contributed by atoms with Gasteiger partial charge in [0.15, 0.2) is 5.82 Å². The fourth-order valence-corrected chi connectivity index (χ4v) is 4.61. The number of anilines is 1. The van der Waals surface area contributed by atoms with Crippen LogP contribution in [-0.2, 0) is 13.0 Å². The van der Waals surface area contributed by atoms with Gasteiger partial charge < -0.3 is 20.1 Å². The Kier molecular flexibility index (Phi) is 5.67. The van der Waals surface area contributed by atoms with Crippen molar-refractivity contribution in [3.05, 3.63) is 71.9 Å². The normalized spacial score (nSPS) is 11.5. The lowest BCUT2D eigenvalue weighted by Gasteiger charge is -2.15. The number of nitrogens with one attached hydrogen (secondary N) is 2. The van der Waals surface area contributed by atoms with Crippen molar-refractivity contribution in [1.29, 1.82) is 0 Å². The summed E-state index contributed by atoms with van der Waals surface area (Å²) in [5.74, 6) is -0.488. The molecule has 6 aromatic rings. The Hall–Kier alpha value is -4.93. The molecular formula is C27H21F2N7O2. The number of ether oxygens (including phenoxy) is 1. The van der Waals surface area contributed by atoms with E-state index in [1.807, 2.05) is 13.0 Å². The lowest BCUT2D eigenvalue weighted by Crippen LogP contribution is -2.08. The average Bonchev–Trinajstić information content (AvgIpc) is 3.40. The number of fused-ring (bicyclic) bond motifs is 3. The molecule has 0 unspecified atom stereocenters. The van der Waals surface area contributed by atoms with Crippen LogP contribution in [-0.4, -0.2) is 42.1 Å². The van der Waals surface area contributed by atoms with Crippen molar-refractivity contribution < 1.29 is 18.6 Å². The summed E-state index contributed by atoms with van der Waals surface area (Å²) in [4.78, 5) is 24.8. The van der Waals surface area contributed by atoms with Gasteiger partial charge in [-0.2, -0.15) is 9.97 Å². The highest BCUT2D eigenvalue weighted by atomic mass is 19.1. The number of hydrogen-bond acceptors (Lipinski definition) is 8. The van der Waals surface area contributed by atoms with Crippen LogP contribution in [0.4, 0.5) is 14.6 Å². The number of halogens is 2. The van der Waals surface area contributed by atoms with Crippen LogP contribution in [0.15, 0.2) is 48.9 Å². The number of pyridine rings is 1. The first kappa shape index (κ1) is 23.5. The van der Waals surface area contributed by atoms with E-state index in [2.05, 4.69) is 35.2 Å². The minimum Gasteiger partial charge on any atom is -0.508 e. The second-order valence-electron chi connectivity index (χ2n) is 8.63. The van der Waals surface area contributed by atoms with Gasteiger partial charge in [-0.25, -0.2) is 18.7 Å². The molecule has 4 aromatic heterocycles. The van der Waals surface area contributed by atoms with Gasteiger partial charge in [0.25, 0.3) is 0 Å². The number of benzene rings is 2. The summed E-state index contributed by atoms with van der Waals surface area (Å²) in [5, 5.41) is 15.7. The molecule has 0 saturated carbocycles. The van der Waals surface area contributed by atoms with Gasteiger partial charge in [-0.1, -0.05) is 13.0 Å². The molecule has 0 bridgehead atoms. The number of nitrogens with zero attached hydrogens (tertiary/aromatic N) is 5. The van der Waals surface area contributed by atoms with Crippen LogP contribution in [0.1, 0.15) is 18.3 Å². The van der Waals surface area contributed by atoms with Gasteiger partial charge in [0.05, 0.1) is 19.0 Å². The Bertz CT molecular complexity index is 1860. The minimum absolute atomic E-state index is 0.0453. The molecule has 0 spiro atoms. The number of hydrogen-bond donors (Lipinski definition) is 3. The van der Waals surface area contributed by atoms with Crippen LogP contribution in [0.2, 0.25) is 0 Å². The largest absolute Gasteiger partial charge is 0.508 e. The Balaban J connectivity index is 1.49. The highest BCUT2D eigenvalue weighted by Crippen LogP contribution is 2.38. The maximum Gasteiger partial charge on any atom is 0.318 e. The molecule has 9 nitrogen and oxygen atoms in total. The molecule has 0 amide bonds. The van der Waals surface area contributed by atoms with Crippen molar-refractivity contribution >= 4 is 38.5 Å². The van der Waals surface area contributed by atoms with Crippen molar-refractivity contribution in [1.82, 2.24) is 29.9 Å². The zero-order chi connectivity index (χ0) is 26.4. The molecular weight excluding hydrogens is 492 g/mol. The zero-order valence-electron chi connectivity index (χ0n) is 20.4. The van der Waals surface area contributed by atoms with E-state index in [9.17, 15) is 9.50 Å². The van der Waals surface area contributed by atoms with Crippen molar-refractivity contribution in [3.63, 3.8) is 0 Å². The molecule has 0 aliphatic rings. The van der Waals surface area contributed by atoms with Crippen molar-refractivity contribution in [2.75, 3.05) is 12.4 Å². The first-order valence-corrected chi connectivity index (χ1v) is 11.8. The first-order chi connectivity index (χ1) is 18.5. The van der Waals surface area contributed by atoms with E-state index in [0.717, 1.165) is 5.39 Å². The highest BCUT2D eigenvalue weighted by molar-refractivity contribution is 6.01. The second-order valence-corrected chi connectivity index (χ2v) is 8.63. The summed E-state index contributed by atoms with van der Waals surface area (Å²) in [7, 11) is 1.38. The number of rotatable bonds is 6. The molecule has 11 heteroatoms. The third-order valence-corrected chi connectivity index (χ3v) is 6.37. The molecule has 0 atom stereocenters. The van der Waals surface area contributed by atoms with Gasteiger partial charge in [-0.15, -0.1) is 0 Å². The number of aryl methyl sites for hydroxylation is 1. The predicted octanol–water partition coefficient (Wildman–Crippen LogP) is 5.28. The molecule has 3 N–H and O–H groups in total. The third-order valence-electron chi connectivity index (χ3n) is 6.37. The smallest absolute Gasteiger partial charge is 0.318 e. The van der Waals surface area contributed by atoms with Crippen molar-refractivity contribution in [2.24, 2.45) is 0 Å². The monoisotopic (exact) mass is 513 g/mol. The summed E-state index contributed by atoms with van der Waals surface area (Å²) in [6.07, 6.45) is 5.29. The predicted molar refractivity (Wildman–Crippen MR) is 139 cm³/mol. The number of methoxy groups -OCH3 is 1. The lowest BCUT2D eigenvalue weighted by molar-refractivity contribution is 0.382. The van der Waals surface area contributed by atoms with Gasteiger partial charge in [-0.3, -0.25) is 4.98 Å². The van der Waals surface area contributed by atoms with E-state index >= 15 is 4.39 Å². The topological polar surface area (TPSA) is 122 Å². The lowest BCUT2D eigenvalue weighted by atomic mass is 9.94. The van der Waals surface area contributed by atoms with E-state index in [1.165, 1.54) is 31.5 Å². The molecule has 0 aliphatic heterocycles.